The van der Waals surface area contributed by atoms with Crippen molar-refractivity contribution in [2.24, 2.45) is 0 Å². The number of ether oxygens (including phenoxy) is 1. The predicted molar refractivity (Wildman–Crippen MR) is 107 cm³/mol. The summed E-state index contributed by atoms with van der Waals surface area (Å²) in [7, 11) is 0. The van der Waals surface area contributed by atoms with E-state index in [2.05, 4.69) is 15.2 Å². The molecule has 1 fully saturated rings. The number of hydrogen-bond acceptors (Lipinski definition) is 6. The third-order valence-electron chi connectivity index (χ3n) is 6.01. The minimum Gasteiger partial charge on any atom is -0.470 e. The van der Waals surface area contributed by atoms with Gasteiger partial charge in [-0.05, 0) is 37.5 Å². The molecule has 0 saturated heterocycles. The Hall–Kier alpha value is -2.80. The predicted octanol–water partition coefficient (Wildman–Crippen LogP) is 4.58. The van der Waals surface area contributed by atoms with E-state index in [9.17, 15) is 0 Å². The van der Waals surface area contributed by atoms with E-state index in [-0.39, 0.29) is 0 Å². The minimum atomic E-state index is 0.439. The molecule has 1 aromatic carbocycles. The number of benzene rings is 1. The highest BCUT2D eigenvalue weighted by Gasteiger charge is 2.39. The maximum Gasteiger partial charge on any atom is 0.236 e. The van der Waals surface area contributed by atoms with Crippen LogP contribution in [0.1, 0.15) is 54.3 Å². The Morgan fingerprint density at radius 1 is 1.00 bits per heavy atom. The van der Waals surface area contributed by atoms with Gasteiger partial charge < -0.3 is 4.74 Å². The van der Waals surface area contributed by atoms with Crippen molar-refractivity contribution in [3.05, 3.63) is 58.0 Å². The van der Waals surface area contributed by atoms with Crippen molar-refractivity contribution in [3.8, 4) is 17.3 Å². The lowest BCUT2D eigenvalue weighted by atomic mass is 9.67. The highest BCUT2D eigenvalue weighted by atomic mass is 32.1. The lowest BCUT2D eigenvalue weighted by Crippen LogP contribution is -2.25. The molecule has 28 heavy (non-hydrogen) atoms. The van der Waals surface area contributed by atoms with E-state index in [1.807, 2.05) is 45.7 Å². The summed E-state index contributed by atoms with van der Waals surface area (Å²) in [4.78, 5) is 4.34. The smallest absolute Gasteiger partial charge is 0.236 e. The Morgan fingerprint density at radius 3 is 2.54 bits per heavy atom. The van der Waals surface area contributed by atoms with Crippen LogP contribution in [-0.2, 0) is 6.61 Å². The van der Waals surface area contributed by atoms with E-state index in [4.69, 9.17) is 9.84 Å². The van der Waals surface area contributed by atoms with E-state index in [0.717, 1.165) is 28.6 Å². The number of fused-ring (bicyclic) bond motifs is 3. The second-order valence-corrected chi connectivity index (χ2v) is 8.29. The van der Waals surface area contributed by atoms with Gasteiger partial charge in [0.2, 0.25) is 5.88 Å². The second-order valence-electron chi connectivity index (χ2n) is 7.57. The molecule has 4 aromatic rings. The van der Waals surface area contributed by atoms with Crippen LogP contribution in [-0.4, -0.2) is 24.8 Å². The van der Waals surface area contributed by atoms with Crippen LogP contribution in [0.4, 0.5) is 0 Å². The molecular formula is C21H19N5OS. The van der Waals surface area contributed by atoms with Crippen LogP contribution in [0.5, 0.6) is 5.88 Å². The van der Waals surface area contributed by atoms with Crippen LogP contribution in [0.2, 0.25) is 0 Å². The van der Waals surface area contributed by atoms with E-state index in [1.54, 1.807) is 11.3 Å². The standard InChI is InChI=1S/C21H19N5OS/c1-2-4-15(5-3-1)19-23-24-20-17-13-6-8-14(9-7-13)18(17)21(25-26(19)20)27-10-16-11-28-12-22-16/h1-5,11-14H,6-10H2. The molecule has 3 aliphatic rings. The van der Waals surface area contributed by atoms with Crippen LogP contribution in [0.25, 0.3) is 17.0 Å². The van der Waals surface area contributed by atoms with Crippen molar-refractivity contribution < 1.29 is 4.74 Å². The van der Waals surface area contributed by atoms with Gasteiger partial charge >= 0.3 is 0 Å². The molecule has 0 aliphatic heterocycles. The summed E-state index contributed by atoms with van der Waals surface area (Å²) < 4.78 is 8.11. The average Bonchev–Trinajstić information content (AvgIpc) is 3.43. The fourth-order valence-corrected chi connectivity index (χ4v) is 5.26. The summed E-state index contributed by atoms with van der Waals surface area (Å²) in [6.45, 7) is 0.439. The fourth-order valence-electron chi connectivity index (χ4n) is 4.72. The van der Waals surface area contributed by atoms with Gasteiger partial charge in [-0.25, -0.2) is 4.98 Å². The number of rotatable bonds is 4. The molecule has 3 heterocycles. The van der Waals surface area contributed by atoms with Crippen molar-refractivity contribution in [1.82, 2.24) is 24.8 Å². The Morgan fingerprint density at radius 2 is 1.79 bits per heavy atom. The summed E-state index contributed by atoms with van der Waals surface area (Å²) in [5.74, 6) is 2.53. The van der Waals surface area contributed by atoms with E-state index >= 15 is 0 Å². The summed E-state index contributed by atoms with van der Waals surface area (Å²) in [5, 5.41) is 16.0. The first-order valence-corrected chi connectivity index (χ1v) is 10.7. The van der Waals surface area contributed by atoms with E-state index < -0.39 is 0 Å². The molecule has 0 spiro atoms. The van der Waals surface area contributed by atoms with Crippen molar-refractivity contribution in [1.29, 1.82) is 0 Å². The molecule has 0 atom stereocenters. The first-order valence-electron chi connectivity index (χ1n) is 9.73. The van der Waals surface area contributed by atoms with Crippen LogP contribution in [0, 0.1) is 0 Å². The normalized spacial score (nSPS) is 20.4. The molecule has 6 nitrogen and oxygen atoms in total. The third kappa shape index (κ3) is 2.46. The molecule has 0 unspecified atom stereocenters. The largest absolute Gasteiger partial charge is 0.470 e. The summed E-state index contributed by atoms with van der Waals surface area (Å²) in [6.07, 6.45) is 4.86. The quantitative estimate of drug-likeness (QED) is 0.511. The minimum absolute atomic E-state index is 0.439. The van der Waals surface area contributed by atoms with Gasteiger partial charge in [-0.1, -0.05) is 30.3 Å². The van der Waals surface area contributed by atoms with Crippen molar-refractivity contribution in [2.75, 3.05) is 0 Å². The number of aromatic nitrogens is 5. The highest BCUT2D eigenvalue weighted by Crippen LogP contribution is 2.53. The molecule has 1 saturated carbocycles. The second kappa shape index (κ2) is 6.38. The van der Waals surface area contributed by atoms with Crippen LogP contribution in [0.3, 0.4) is 0 Å². The van der Waals surface area contributed by atoms with Gasteiger partial charge in [0.05, 0.1) is 11.2 Å². The Labute approximate surface area is 166 Å². The first-order chi connectivity index (χ1) is 13.9. The maximum absolute atomic E-state index is 6.23. The van der Waals surface area contributed by atoms with Gasteiger partial charge in [-0.3, -0.25) is 0 Å². The lowest BCUT2D eigenvalue weighted by Gasteiger charge is -2.38. The number of nitrogens with zero attached hydrogens (tertiary/aromatic N) is 5. The highest BCUT2D eigenvalue weighted by molar-refractivity contribution is 7.07. The molecule has 7 rings (SSSR count). The van der Waals surface area contributed by atoms with Crippen molar-refractivity contribution >= 4 is 17.0 Å². The lowest BCUT2D eigenvalue weighted by molar-refractivity contribution is 0.265. The fraction of sp³-hybridized carbons (Fsp3) is 0.333. The number of hydrogen-bond donors (Lipinski definition) is 0. The van der Waals surface area contributed by atoms with Crippen LogP contribution in [0.15, 0.2) is 41.2 Å². The van der Waals surface area contributed by atoms with Crippen LogP contribution >= 0.6 is 11.3 Å². The van der Waals surface area contributed by atoms with Crippen LogP contribution < -0.4 is 4.74 Å². The topological polar surface area (TPSA) is 65.2 Å². The molecule has 2 bridgehead atoms. The first kappa shape index (κ1) is 16.2. The average molecular weight is 389 g/mol. The van der Waals surface area contributed by atoms with Gasteiger partial charge in [-0.15, -0.1) is 26.6 Å². The molecule has 3 aromatic heterocycles. The molecular weight excluding hydrogens is 370 g/mol. The molecule has 140 valence electrons. The Balaban J connectivity index is 1.54. The Bertz CT molecular complexity index is 1130. The summed E-state index contributed by atoms with van der Waals surface area (Å²) >= 11 is 1.58. The number of thiazole rings is 1. The Kier molecular flexibility index (Phi) is 3.68. The zero-order chi connectivity index (χ0) is 18.5. The van der Waals surface area contributed by atoms with E-state index in [0.29, 0.717) is 18.4 Å². The molecule has 7 heteroatoms. The SMILES string of the molecule is c1ccc(-c2nnc3c4c(c(OCc5cscn5)nn23)C2CCC4CC2)cc1. The third-order valence-corrected chi connectivity index (χ3v) is 6.64. The summed E-state index contributed by atoms with van der Waals surface area (Å²) in [5.41, 5.74) is 7.24. The summed E-state index contributed by atoms with van der Waals surface area (Å²) in [6, 6.07) is 10.1. The van der Waals surface area contributed by atoms with Gasteiger partial charge in [0.25, 0.3) is 0 Å². The van der Waals surface area contributed by atoms with Gasteiger partial charge in [0.1, 0.15) is 6.61 Å². The molecule has 0 amide bonds. The van der Waals surface area contributed by atoms with E-state index in [1.165, 1.54) is 36.8 Å². The van der Waals surface area contributed by atoms with Gasteiger partial charge in [0.15, 0.2) is 11.5 Å². The molecule has 3 aliphatic carbocycles. The van der Waals surface area contributed by atoms with Crippen molar-refractivity contribution in [3.63, 3.8) is 0 Å². The zero-order valence-electron chi connectivity index (χ0n) is 15.3. The van der Waals surface area contributed by atoms with Crippen molar-refractivity contribution in [2.45, 2.75) is 44.1 Å². The zero-order valence-corrected chi connectivity index (χ0v) is 16.1. The van der Waals surface area contributed by atoms with Gasteiger partial charge in [-0.2, -0.15) is 4.52 Å². The monoisotopic (exact) mass is 389 g/mol. The van der Waals surface area contributed by atoms with Gasteiger partial charge in [0, 0.05) is 22.1 Å². The molecule has 0 N–H and O–H groups in total. The molecule has 0 radical (unpaired) electrons. The maximum atomic E-state index is 6.23.